The van der Waals surface area contributed by atoms with Gasteiger partial charge < -0.3 is 15.7 Å². The number of hydrogen-bond acceptors (Lipinski definition) is 3. The van der Waals surface area contributed by atoms with E-state index in [1.54, 1.807) is 0 Å². The van der Waals surface area contributed by atoms with E-state index in [1.165, 1.54) is 12.1 Å². The Hall–Kier alpha value is -1.95. The van der Waals surface area contributed by atoms with Crippen LogP contribution >= 0.6 is 0 Å². The topological polar surface area (TPSA) is 78.4 Å². The molecule has 1 unspecified atom stereocenters. The number of halogens is 1. The molecule has 6 heteroatoms. The largest absolute Gasteiger partial charge is 0.478 e. The maximum Gasteiger partial charge on any atom is 0.340 e. The van der Waals surface area contributed by atoms with E-state index in [1.807, 2.05) is 0 Å². The number of carboxylic acid groups (broad SMARTS) is 1. The summed E-state index contributed by atoms with van der Waals surface area (Å²) in [5, 5.41) is 14.7. The van der Waals surface area contributed by atoms with Gasteiger partial charge in [0, 0.05) is 6.42 Å². The first-order chi connectivity index (χ1) is 9.58. The first-order valence-electron chi connectivity index (χ1n) is 6.60. The van der Waals surface area contributed by atoms with E-state index in [2.05, 4.69) is 10.6 Å². The van der Waals surface area contributed by atoms with Crippen LogP contribution in [0.15, 0.2) is 18.2 Å². The fourth-order valence-corrected chi connectivity index (χ4v) is 2.41. The van der Waals surface area contributed by atoms with Gasteiger partial charge in [-0.3, -0.25) is 4.79 Å². The Morgan fingerprint density at radius 1 is 1.45 bits per heavy atom. The van der Waals surface area contributed by atoms with Gasteiger partial charge in [-0.05, 0) is 44.0 Å². The minimum atomic E-state index is -1.39. The van der Waals surface area contributed by atoms with Gasteiger partial charge in [-0.1, -0.05) is 6.07 Å². The van der Waals surface area contributed by atoms with Crippen LogP contribution in [0.4, 0.5) is 10.1 Å². The molecule has 1 saturated heterocycles. The number of carbonyl (C=O) groups excluding carboxylic acids is 1. The van der Waals surface area contributed by atoms with Crippen LogP contribution in [0.25, 0.3) is 0 Å². The second-order valence-corrected chi connectivity index (χ2v) is 4.93. The Morgan fingerprint density at radius 3 is 2.90 bits per heavy atom. The average molecular weight is 280 g/mol. The van der Waals surface area contributed by atoms with Crippen molar-refractivity contribution < 1.29 is 19.1 Å². The fourth-order valence-electron chi connectivity index (χ4n) is 2.41. The van der Waals surface area contributed by atoms with Gasteiger partial charge in [-0.2, -0.15) is 0 Å². The zero-order chi connectivity index (χ0) is 14.5. The number of rotatable bonds is 4. The van der Waals surface area contributed by atoms with Crippen molar-refractivity contribution in [2.75, 3.05) is 18.4 Å². The second-order valence-electron chi connectivity index (χ2n) is 4.93. The maximum absolute atomic E-state index is 13.5. The van der Waals surface area contributed by atoms with Crippen LogP contribution in [-0.4, -0.2) is 30.1 Å². The zero-order valence-corrected chi connectivity index (χ0v) is 11.0. The molecule has 1 fully saturated rings. The lowest BCUT2D eigenvalue weighted by Gasteiger charge is -2.22. The number of carboxylic acids is 1. The van der Waals surface area contributed by atoms with Gasteiger partial charge in [0.2, 0.25) is 5.91 Å². The second kappa shape index (κ2) is 6.47. The van der Waals surface area contributed by atoms with Gasteiger partial charge >= 0.3 is 5.97 Å². The van der Waals surface area contributed by atoms with Crippen molar-refractivity contribution in [3.63, 3.8) is 0 Å². The molecule has 1 heterocycles. The molecule has 1 atom stereocenters. The summed E-state index contributed by atoms with van der Waals surface area (Å²) in [6.07, 6.45) is 2.30. The number of anilines is 1. The molecule has 0 radical (unpaired) electrons. The molecule has 0 aromatic heterocycles. The lowest BCUT2D eigenvalue weighted by Crippen LogP contribution is -2.32. The van der Waals surface area contributed by atoms with Crippen LogP contribution in [0.3, 0.4) is 0 Å². The minimum Gasteiger partial charge on any atom is -0.478 e. The summed E-state index contributed by atoms with van der Waals surface area (Å²) in [4.78, 5) is 22.9. The summed E-state index contributed by atoms with van der Waals surface area (Å²) in [7, 11) is 0. The molecular formula is C14H17FN2O3. The molecule has 1 aliphatic heterocycles. The highest BCUT2D eigenvalue weighted by Gasteiger charge is 2.20. The number of hydrogen-bond donors (Lipinski definition) is 3. The van der Waals surface area contributed by atoms with Gasteiger partial charge in [0.05, 0.1) is 5.69 Å². The van der Waals surface area contributed by atoms with Crippen molar-refractivity contribution in [2.45, 2.75) is 19.3 Å². The van der Waals surface area contributed by atoms with E-state index in [0.29, 0.717) is 6.42 Å². The smallest absolute Gasteiger partial charge is 0.340 e. The molecule has 20 heavy (non-hydrogen) atoms. The molecule has 0 bridgehead atoms. The Labute approximate surface area is 116 Å². The molecule has 1 aliphatic rings. The quantitative estimate of drug-likeness (QED) is 0.786. The highest BCUT2D eigenvalue weighted by atomic mass is 19.1. The average Bonchev–Trinajstić information content (AvgIpc) is 2.39. The number of benzene rings is 1. The summed E-state index contributed by atoms with van der Waals surface area (Å²) in [5.74, 6) is -2.29. The van der Waals surface area contributed by atoms with Crippen molar-refractivity contribution in [1.29, 1.82) is 0 Å². The number of amides is 1. The Balaban J connectivity index is 2.04. The molecule has 3 N–H and O–H groups in total. The predicted octanol–water partition coefficient (Wildman–Crippen LogP) is 1.85. The van der Waals surface area contributed by atoms with Gasteiger partial charge in [0.1, 0.15) is 11.4 Å². The van der Waals surface area contributed by atoms with Gasteiger partial charge in [-0.25, -0.2) is 9.18 Å². The highest BCUT2D eigenvalue weighted by Crippen LogP contribution is 2.20. The van der Waals surface area contributed by atoms with Crippen LogP contribution in [-0.2, 0) is 4.79 Å². The lowest BCUT2D eigenvalue weighted by molar-refractivity contribution is -0.117. The van der Waals surface area contributed by atoms with Gasteiger partial charge in [0.25, 0.3) is 0 Å². The predicted molar refractivity (Wildman–Crippen MR) is 72.2 cm³/mol. The molecule has 1 aromatic rings. The standard InChI is InChI=1S/C14H17FN2O3/c15-10-4-1-5-11(13(10)14(19)20)17-12(18)7-9-3-2-6-16-8-9/h1,4-5,9,16H,2-3,6-8H2,(H,17,18)(H,19,20). The molecule has 0 spiro atoms. The van der Waals surface area contributed by atoms with Crippen molar-refractivity contribution >= 4 is 17.6 Å². The van der Waals surface area contributed by atoms with Crippen LogP contribution in [0.2, 0.25) is 0 Å². The number of nitrogens with one attached hydrogen (secondary N) is 2. The fraction of sp³-hybridized carbons (Fsp3) is 0.429. The van der Waals surface area contributed by atoms with Crippen LogP contribution in [0.1, 0.15) is 29.6 Å². The van der Waals surface area contributed by atoms with Crippen molar-refractivity contribution in [3.8, 4) is 0 Å². The first kappa shape index (κ1) is 14.5. The monoisotopic (exact) mass is 280 g/mol. The zero-order valence-electron chi connectivity index (χ0n) is 11.0. The molecule has 2 rings (SSSR count). The molecule has 1 aromatic carbocycles. The molecule has 108 valence electrons. The minimum absolute atomic E-state index is 0.00580. The molecular weight excluding hydrogens is 263 g/mol. The summed E-state index contributed by atoms with van der Waals surface area (Å²) in [6.45, 7) is 1.74. The van der Waals surface area contributed by atoms with E-state index >= 15 is 0 Å². The molecule has 1 amide bonds. The normalized spacial score (nSPS) is 18.6. The molecule has 5 nitrogen and oxygen atoms in total. The third-order valence-corrected chi connectivity index (χ3v) is 3.37. The third kappa shape index (κ3) is 3.54. The first-order valence-corrected chi connectivity index (χ1v) is 6.60. The number of piperidine rings is 1. The summed E-state index contributed by atoms with van der Waals surface area (Å²) in [5.41, 5.74) is -0.492. The maximum atomic E-state index is 13.5. The molecule has 0 saturated carbocycles. The van der Waals surface area contributed by atoms with E-state index < -0.39 is 17.3 Å². The summed E-state index contributed by atoms with van der Waals surface area (Å²) in [6, 6.07) is 3.83. The van der Waals surface area contributed by atoms with Crippen LogP contribution in [0.5, 0.6) is 0 Å². The van der Waals surface area contributed by atoms with E-state index in [-0.39, 0.29) is 17.5 Å². The van der Waals surface area contributed by atoms with Crippen molar-refractivity contribution in [2.24, 2.45) is 5.92 Å². The SMILES string of the molecule is O=C(CC1CCCNC1)Nc1cccc(F)c1C(=O)O. The number of aromatic carboxylic acids is 1. The summed E-state index contributed by atoms with van der Waals surface area (Å²) < 4.78 is 13.5. The third-order valence-electron chi connectivity index (χ3n) is 3.37. The lowest BCUT2D eigenvalue weighted by atomic mass is 9.96. The highest BCUT2D eigenvalue weighted by molar-refractivity contribution is 6.00. The van der Waals surface area contributed by atoms with Gasteiger partial charge in [-0.15, -0.1) is 0 Å². The van der Waals surface area contributed by atoms with E-state index in [9.17, 15) is 14.0 Å². The molecule has 0 aliphatic carbocycles. The van der Waals surface area contributed by atoms with Crippen molar-refractivity contribution in [1.82, 2.24) is 5.32 Å². The Bertz CT molecular complexity index is 513. The van der Waals surface area contributed by atoms with Crippen LogP contribution < -0.4 is 10.6 Å². The Morgan fingerprint density at radius 2 is 2.25 bits per heavy atom. The number of carbonyl (C=O) groups is 2. The van der Waals surface area contributed by atoms with Crippen molar-refractivity contribution in [3.05, 3.63) is 29.6 Å². The van der Waals surface area contributed by atoms with E-state index in [4.69, 9.17) is 5.11 Å². The Kier molecular flexibility index (Phi) is 4.68. The van der Waals surface area contributed by atoms with Crippen LogP contribution in [0, 0.1) is 11.7 Å². The van der Waals surface area contributed by atoms with Gasteiger partial charge in [0.15, 0.2) is 0 Å². The summed E-state index contributed by atoms with van der Waals surface area (Å²) >= 11 is 0. The van der Waals surface area contributed by atoms with E-state index in [0.717, 1.165) is 32.0 Å².